The summed E-state index contributed by atoms with van der Waals surface area (Å²) in [6, 6.07) is 6.52. The molecule has 1 saturated heterocycles. The number of hydrogen-bond donors (Lipinski definition) is 1. The van der Waals surface area contributed by atoms with E-state index in [1.165, 1.54) is 11.0 Å². The van der Waals surface area contributed by atoms with Crippen molar-refractivity contribution in [2.24, 2.45) is 5.92 Å². The quantitative estimate of drug-likeness (QED) is 0.864. The Morgan fingerprint density at radius 1 is 1.43 bits per heavy atom. The van der Waals surface area contributed by atoms with Crippen LogP contribution in [0.4, 0.5) is 0 Å². The lowest BCUT2D eigenvalue weighted by molar-refractivity contribution is 0.00397. The van der Waals surface area contributed by atoms with E-state index in [1.54, 1.807) is 24.3 Å². The van der Waals surface area contributed by atoms with Crippen molar-refractivity contribution in [3.63, 3.8) is 0 Å². The molecule has 0 spiro atoms. The van der Waals surface area contributed by atoms with Gasteiger partial charge < -0.3 is 4.74 Å². The van der Waals surface area contributed by atoms with Crippen LogP contribution in [-0.2, 0) is 14.8 Å². The molecule has 124 valence electrons. The minimum Gasteiger partial charge on any atom is -0.378 e. The monoisotopic (exact) mass is 337 g/mol. The molecule has 0 radical (unpaired) electrons. The Kier molecular flexibility index (Phi) is 4.69. The molecule has 9 heteroatoms. The summed E-state index contributed by atoms with van der Waals surface area (Å²) in [5.74, 6) is 0.302. The van der Waals surface area contributed by atoms with Crippen molar-refractivity contribution in [3.8, 4) is 5.69 Å². The van der Waals surface area contributed by atoms with Crippen LogP contribution in [0.1, 0.15) is 19.8 Å². The number of hydrogen-bond acceptors (Lipinski definition) is 6. The number of nitrogens with zero attached hydrogens (tertiary/aromatic N) is 4. The largest absolute Gasteiger partial charge is 0.378 e. The smallest absolute Gasteiger partial charge is 0.240 e. The Bertz CT molecular complexity index is 748. The van der Waals surface area contributed by atoms with E-state index in [9.17, 15) is 8.42 Å². The van der Waals surface area contributed by atoms with Gasteiger partial charge in [0.2, 0.25) is 10.0 Å². The van der Waals surface area contributed by atoms with Crippen molar-refractivity contribution in [1.29, 1.82) is 0 Å². The SMILES string of the molecule is CC1CC(CNS(=O)(=O)c2cccc(-n3cnnn3)c2)CCO1. The van der Waals surface area contributed by atoms with Crippen LogP contribution in [0.3, 0.4) is 0 Å². The van der Waals surface area contributed by atoms with Crippen molar-refractivity contribution in [3.05, 3.63) is 30.6 Å². The van der Waals surface area contributed by atoms with Crippen molar-refractivity contribution < 1.29 is 13.2 Å². The highest BCUT2D eigenvalue weighted by molar-refractivity contribution is 7.89. The minimum absolute atomic E-state index is 0.182. The first-order chi connectivity index (χ1) is 11.0. The van der Waals surface area contributed by atoms with Gasteiger partial charge in [-0.3, -0.25) is 0 Å². The molecule has 8 nitrogen and oxygen atoms in total. The lowest BCUT2D eigenvalue weighted by Gasteiger charge is -2.27. The number of aromatic nitrogens is 4. The third kappa shape index (κ3) is 3.92. The van der Waals surface area contributed by atoms with Gasteiger partial charge in [0.15, 0.2) is 0 Å². The molecule has 1 aromatic heterocycles. The van der Waals surface area contributed by atoms with Crippen molar-refractivity contribution in [2.45, 2.75) is 30.8 Å². The molecule has 1 aliphatic heterocycles. The Hall–Kier alpha value is -1.84. The van der Waals surface area contributed by atoms with Gasteiger partial charge in [0.05, 0.1) is 16.7 Å². The van der Waals surface area contributed by atoms with Gasteiger partial charge in [-0.05, 0) is 54.3 Å². The standard InChI is InChI=1S/C14H19N5O3S/c1-11-7-12(5-6-22-11)9-16-23(20,21)14-4-2-3-13(8-14)19-10-15-17-18-19/h2-4,8,10-12,16H,5-7,9H2,1H3. The zero-order valence-corrected chi connectivity index (χ0v) is 13.6. The Labute approximate surface area is 134 Å². The van der Waals surface area contributed by atoms with Gasteiger partial charge in [0.25, 0.3) is 0 Å². The maximum absolute atomic E-state index is 12.5. The van der Waals surface area contributed by atoms with Crippen LogP contribution in [0.25, 0.3) is 5.69 Å². The maximum atomic E-state index is 12.5. The molecule has 2 unspecified atom stereocenters. The predicted octanol–water partition coefficient (Wildman–Crippen LogP) is 0.756. The second-order valence-corrected chi connectivity index (χ2v) is 7.44. The van der Waals surface area contributed by atoms with Gasteiger partial charge >= 0.3 is 0 Å². The van der Waals surface area contributed by atoms with Crippen molar-refractivity contribution in [1.82, 2.24) is 24.9 Å². The summed E-state index contributed by atoms with van der Waals surface area (Å²) in [4.78, 5) is 0.200. The molecule has 1 aromatic carbocycles. The Balaban J connectivity index is 1.71. The van der Waals surface area contributed by atoms with Crippen LogP contribution in [0, 0.1) is 5.92 Å². The average molecular weight is 337 g/mol. The fraction of sp³-hybridized carbons (Fsp3) is 0.500. The first-order valence-electron chi connectivity index (χ1n) is 7.49. The number of sulfonamides is 1. The Morgan fingerprint density at radius 3 is 3.04 bits per heavy atom. The normalized spacial score (nSPS) is 22.1. The van der Waals surface area contributed by atoms with E-state index in [0.717, 1.165) is 12.8 Å². The third-order valence-electron chi connectivity index (χ3n) is 3.90. The van der Waals surface area contributed by atoms with Crippen molar-refractivity contribution >= 4 is 10.0 Å². The van der Waals surface area contributed by atoms with Crippen LogP contribution in [-0.4, -0.2) is 47.9 Å². The second kappa shape index (κ2) is 6.73. The summed E-state index contributed by atoms with van der Waals surface area (Å²) in [6.45, 7) is 3.11. The highest BCUT2D eigenvalue weighted by atomic mass is 32.2. The molecule has 0 amide bonds. The Morgan fingerprint density at radius 2 is 2.30 bits per heavy atom. The number of nitrogens with one attached hydrogen (secondary N) is 1. The van der Waals surface area contributed by atoms with Crippen LogP contribution in [0.5, 0.6) is 0 Å². The molecule has 1 aliphatic rings. The summed E-state index contributed by atoms with van der Waals surface area (Å²) >= 11 is 0. The van der Waals surface area contributed by atoms with Crippen LogP contribution in [0.2, 0.25) is 0 Å². The average Bonchev–Trinajstić information content (AvgIpc) is 3.08. The first-order valence-corrected chi connectivity index (χ1v) is 8.97. The number of benzene rings is 1. The molecule has 3 rings (SSSR count). The van der Waals surface area contributed by atoms with Crippen LogP contribution < -0.4 is 4.72 Å². The second-order valence-electron chi connectivity index (χ2n) is 5.68. The minimum atomic E-state index is -3.56. The van der Waals surface area contributed by atoms with Gasteiger partial charge in [-0.25, -0.2) is 17.8 Å². The fourth-order valence-corrected chi connectivity index (χ4v) is 3.82. The molecule has 2 heterocycles. The fourth-order valence-electron chi connectivity index (χ4n) is 2.66. The lowest BCUT2D eigenvalue weighted by atomic mass is 9.97. The van der Waals surface area contributed by atoms with E-state index in [4.69, 9.17) is 4.74 Å². The molecule has 2 aromatic rings. The molecule has 1 fully saturated rings. The summed E-state index contributed by atoms with van der Waals surface area (Å²) in [7, 11) is -3.56. The molecule has 0 saturated carbocycles. The van der Waals surface area contributed by atoms with E-state index in [1.807, 2.05) is 6.92 Å². The van der Waals surface area contributed by atoms with Gasteiger partial charge in [0, 0.05) is 13.2 Å². The highest BCUT2D eigenvalue weighted by Gasteiger charge is 2.22. The van der Waals surface area contributed by atoms with E-state index < -0.39 is 10.0 Å². The topological polar surface area (TPSA) is 99.0 Å². The van der Waals surface area contributed by atoms with E-state index in [-0.39, 0.29) is 11.0 Å². The third-order valence-corrected chi connectivity index (χ3v) is 5.32. The van der Waals surface area contributed by atoms with E-state index >= 15 is 0 Å². The lowest BCUT2D eigenvalue weighted by Crippen LogP contribution is -2.34. The highest BCUT2D eigenvalue weighted by Crippen LogP contribution is 2.20. The summed E-state index contributed by atoms with van der Waals surface area (Å²) < 4.78 is 34.5. The van der Waals surface area contributed by atoms with Gasteiger partial charge in [0.1, 0.15) is 6.33 Å². The number of ether oxygens (including phenoxy) is 1. The summed E-state index contributed by atoms with van der Waals surface area (Å²) in [5, 5.41) is 10.9. The molecular weight excluding hydrogens is 318 g/mol. The van der Waals surface area contributed by atoms with Gasteiger partial charge in [-0.1, -0.05) is 6.07 Å². The summed E-state index contributed by atoms with van der Waals surface area (Å²) in [6.07, 6.45) is 3.34. The molecule has 1 N–H and O–H groups in total. The van der Waals surface area contributed by atoms with Crippen molar-refractivity contribution in [2.75, 3.05) is 13.2 Å². The number of tetrazole rings is 1. The van der Waals surface area contributed by atoms with Gasteiger partial charge in [-0.15, -0.1) is 5.10 Å². The molecule has 0 aliphatic carbocycles. The molecule has 2 atom stereocenters. The van der Waals surface area contributed by atoms with Gasteiger partial charge in [-0.2, -0.15) is 0 Å². The van der Waals surface area contributed by atoms with Crippen LogP contribution in [0.15, 0.2) is 35.5 Å². The zero-order chi connectivity index (χ0) is 16.3. The van der Waals surface area contributed by atoms with E-state index in [2.05, 4.69) is 20.2 Å². The predicted molar refractivity (Wildman–Crippen MR) is 82.5 cm³/mol. The van der Waals surface area contributed by atoms with E-state index in [0.29, 0.717) is 24.8 Å². The first kappa shape index (κ1) is 16.0. The molecule has 0 bridgehead atoms. The summed E-state index contributed by atoms with van der Waals surface area (Å²) in [5.41, 5.74) is 0.595. The van der Waals surface area contributed by atoms with Crippen LogP contribution >= 0.6 is 0 Å². The number of rotatable bonds is 5. The maximum Gasteiger partial charge on any atom is 0.240 e. The molecular formula is C14H19N5O3S. The zero-order valence-electron chi connectivity index (χ0n) is 12.8. The molecule has 23 heavy (non-hydrogen) atoms.